The van der Waals surface area contributed by atoms with Gasteiger partial charge in [0, 0.05) is 26.2 Å². The molecule has 3 rings (SSSR count). The largest absolute Gasteiger partial charge is 0.314 e. The van der Waals surface area contributed by atoms with Crippen molar-refractivity contribution >= 4 is 22.6 Å². The third-order valence-electron chi connectivity index (χ3n) is 3.87. The van der Waals surface area contributed by atoms with Gasteiger partial charge in [0.2, 0.25) is 0 Å². The van der Waals surface area contributed by atoms with E-state index in [0.29, 0.717) is 0 Å². The Kier molecular flexibility index (Phi) is 4.38. The van der Waals surface area contributed by atoms with Gasteiger partial charge >= 0.3 is 0 Å². The van der Waals surface area contributed by atoms with E-state index in [-0.39, 0.29) is 3.55 Å². The Hall–Kier alpha value is -0.910. The number of benzene rings is 2. The van der Waals surface area contributed by atoms with Crippen molar-refractivity contribution in [3.63, 3.8) is 0 Å². The third kappa shape index (κ3) is 2.62. The van der Waals surface area contributed by atoms with Crippen LogP contribution in [0, 0.1) is 0 Å². The lowest BCUT2D eigenvalue weighted by Crippen LogP contribution is -2.52. The molecule has 104 valence electrons. The summed E-state index contributed by atoms with van der Waals surface area (Å²) in [6.45, 7) is 4.27. The molecule has 2 aromatic carbocycles. The van der Waals surface area contributed by atoms with Crippen molar-refractivity contribution in [3.8, 4) is 0 Å². The topological polar surface area (TPSA) is 15.3 Å². The van der Waals surface area contributed by atoms with Gasteiger partial charge < -0.3 is 5.32 Å². The Morgan fingerprint density at radius 2 is 1.25 bits per heavy atom. The minimum atomic E-state index is -0.0810. The van der Waals surface area contributed by atoms with Gasteiger partial charge in [0.1, 0.15) is 3.55 Å². The standard InChI is InChI=1S/C17H19IN2/c18-17(15-7-3-1-4-8-15,16-9-5-2-6-10-16)20-13-11-19-12-14-20/h1-10,19H,11-14H2. The van der Waals surface area contributed by atoms with Crippen molar-refractivity contribution < 1.29 is 0 Å². The Labute approximate surface area is 134 Å². The van der Waals surface area contributed by atoms with E-state index in [9.17, 15) is 0 Å². The van der Waals surface area contributed by atoms with E-state index in [4.69, 9.17) is 0 Å². The van der Waals surface area contributed by atoms with Crippen molar-refractivity contribution in [2.45, 2.75) is 3.55 Å². The van der Waals surface area contributed by atoms with Crippen LogP contribution in [-0.2, 0) is 3.55 Å². The molecule has 2 aromatic rings. The summed E-state index contributed by atoms with van der Waals surface area (Å²) in [5.74, 6) is 0. The van der Waals surface area contributed by atoms with Gasteiger partial charge in [0.25, 0.3) is 0 Å². The normalized spacial score (nSPS) is 17.1. The Bertz CT molecular complexity index is 496. The first-order valence-electron chi connectivity index (χ1n) is 7.07. The Morgan fingerprint density at radius 3 is 1.70 bits per heavy atom. The number of hydrogen-bond donors (Lipinski definition) is 1. The molecule has 3 heteroatoms. The first kappa shape index (κ1) is 14.0. The van der Waals surface area contributed by atoms with Crippen molar-refractivity contribution in [1.82, 2.24) is 10.2 Å². The molecule has 0 aromatic heterocycles. The van der Waals surface area contributed by atoms with Crippen LogP contribution in [0.15, 0.2) is 60.7 Å². The first-order valence-corrected chi connectivity index (χ1v) is 8.15. The zero-order valence-electron chi connectivity index (χ0n) is 11.4. The van der Waals surface area contributed by atoms with Gasteiger partial charge in [-0.05, 0) is 11.1 Å². The summed E-state index contributed by atoms with van der Waals surface area (Å²) in [5.41, 5.74) is 2.71. The molecule has 0 bridgehead atoms. The van der Waals surface area contributed by atoms with Gasteiger partial charge in [0.15, 0.2) is 0 Å². The van der Waals surface area contributed by atoms with Crippen LogP contribution in [0.2, 0.25) is 0 Å². The van der Waals surface area contributed by atoms with Crippen LogP contribution in [0.25, 0.3) is 0 Å². The smallest absolute Gasteiger partial charge is 0.124 e. The zero-order valence-corrected chi connectivity index (χ0v) is 13.6. The molecule has 1 N–H and O–H groups in total. The number of nitrogens with one attached hydrogen (secondary N) is 1. The molecular weight excluding hydrogens is 359 g/mol. The lowest BCUT2D eigenvalue weighted by atomic mass is 9.96. The number of piperazine rings is 1. The molecule has 0 aliphatic carbocycles. The lowest BCUT2D eigenvalue weighted by molar-refractivity contribution is 0.186. The molecule has 0 spiro atoms. The summed E-state index contributed by atoms with van der Waals surface area (Å²) in [5, 5.41) is 3.44. The number of halogens is 1. The molecule has 2 nitrogen and oxygen atoms in total. The number of hydrogen-bond acceptors (Lipinski definition) is 2. The van der Waals surface area contributed by atoms with Crippen LogP contribution in [0.3, 0.4) is 0 Å². The van der Waals surface area contributed by atoms with Gasteiger partial charge in [-0.1, -0.05) is 83.3 Å². The van der Waals surface area contributed by atoms with E-state index < -0.39 is 0 Å². The quantitative estimate of drug-likeness (QED) is 0.501. The van der Waals surface area contributed by atoms with E-state index in [1.165, 1.54) is 11.1 Å². The Balaban J connectivity index is 2.07. The molecule has 0 atom stereocenters. The fourth-order valence-corrected chi connectivity index (χ4v) is 4.02. The summed E-state index contributed by atoms with van der Waals surface area (Å²) < 4.78 is -0.0810. The highest BCUT2D eigenvalue weighted by molar-refractivity contribution is 14.1. The van der Waals surface area contributed by atoms with Gasteiger partial charge in [-0.2, -0.15) is 0 Å². The number of alkyl halides is 1. The van der Waals surface area contributed by atoms with Crippen LogP contribution in [0.4, 0.5) is 0 Å². The fourth-order valence-electron chi connectivity index (χ4n) is 2.82. The van der Waals surface area contributed by atoms with Crippen LogP contribution >= 0.6 is 22.6 Å². The van der Waals surface area contributed by atoms with Crippen LogP contribution < -0.4 is 5.32 Å². The molecule has 0 saturated carbocycles. The minimum absolute atomic E-state index is 0.0810. The molecule has 1 saturated heterocycles. The molecule has 1 fully saturated rings. The third-order valence-corrected chi connectivity index (χ3v) is 5.79. The summed E-state index contributed by atoms with van der Waals surface area (Å²) in [7, 11) is 0. The van der Waals surface area contributed by atoms with Gasteiger partial charge in [-0.15, -0.1) is 0 Å². The molecule has 0 radical (unpaired) electrons. The van der Waals surface area contributed by atoms with Crippen LogP contribution in [0.1, 0.15) is 11.1 Å². The molecule has 1 aliphatic heterocycles. The maximum absolute atomic E-state index is 3.44. The maximum Gasteiger partial charge on any atom is 0.124 e. The van der Waals surface area contributed by atoms with Crippen molar-refractivity contribution in [1.29, 1.82) is 0 Å². The highest BCUT2D eigenvalue weighted by atomic mass is 127. The molecule has 20 heavy (non-hydrogen) atoms. The Morgan fingerprint density at radius 1 is 0.800 bits per heavy atom. The lowest BCUT2D eigenvalue weighted by Gasteiger charge is -2.43. The average Bonchev–Trinajstić information content (AvgIpc) is 2.56. The average molecular weight is 378 g/mol. The summed E-state index contributed by atoms with van der Waals surface area (Å²) in [6.07, 6.45) is 0. The van der Waals surface area contributed by atoms with Crippen molar-refractivity contribution in [3.05, 3.63) is 71.8 Å². The van der Waals surface area contributed by atoms with Gasteiger partial charge in [-0.25, -0.2) is 0 Å². The maximum atomic E-state index is 3.44. The van der Waals surface area contributed by atoms with E-state index in [1.54, 1.807) is 0 Å². The highest BCUT2D eigenvalue weighted by Gasteiger charge is 2.37. The molecule has 0 unspecified atom stereocenters. The summed E-state index contributed by atoms with van der Waals surface area (Å²) in [4.78, 5) is 2.58. The SMILES string of the molecule is IC(c1ccccc1)(c1ccccc1)N1CCNCC1. The van der Waals surface area contributed by atoms with Gasteiger partial charge in [-0.3, -0.25) is 4.90 Å². The van der Waals surface area contributed by atoms with E-state index in [2.05, 4.69) is 93.5 Å². The second-order valence-electron chi connectivity index (χ2n) is 5.09. The number of rotatable bonds is 3. The number of nitrogens with zero attached hydrogens (tertiary/aromatic N) is 1. The molecular formula is C17H19IN2. The van der Waals surface area contributed by atoms with Crippen molar-refractivity contribution in [2.75, 3.05) is 26.2 Å². The predicted molar refractivity (Wildman–Crippen MR) is 92.1 cm³/mol. The van der Waals surface area contributed by atoms with E-state index >= 15 is 0 Å². The van der Waals surface area contributed by atoms with Crippen molar-refractivity contribution in [2.24, 2.45) is 0 Å². The summed E-state index contributed by atoms with van der Waals surface area (Å²) >= 11 is 2.62. The molecule has 1 aliphatic rings. The molecule has 0 amide bonds. The minimum Gasteiger partial charge on any atom is -0.314 e. The second kappa shape index (κ2) is 6.24. The van der Waals surface area contributed by atoms with Crippen LogP contribution in [-0.4, -0.2) is 31.1 Å². The predicted octanol–water partition coefficient (Wildman–Crippen LogP) is 3.23. The van der Waals surface area contributed by atoms with E-state index in [1.807, 2.05) is 0 Å². The van der Waals surface area contributed by atoms with Crippen LogP contribution in [0.5, 0.6) is 0 Å². The van der Waals surface area contributed by atoms with Gasteiger partial charge in [0.05, 0.1) is 0 Å². The fraction of sp³-hybridized carbons (Fsp3) is 0.294. The second-order valence-corrected chi connectivity index (χ2v) is 6.65. The molecule has 1 heterocycles. The zero-order chi connectivity index (χ0) is 13.8. The monoisotopic (exact) mass is 378 g/mol. The summed E-state index contributed by atoms with van der Waals surface area (Å²) in [6, 6.07) is 21.7. The van der Waals surface area contributed by atoms with E-state index in [0.717, 1.165) is 26.2 Å². The highest BCUT2D eigenvalue weighted by Crippen LogP contribution is 2.42. The first-order chi connectivity index (χ1) is 9.82.